The molecule has 0 spiro atoms. The molecule has 0 aliphatic heterocycles. The lowest BCUT2D eigenvalue weighted by Gasteiger charge is -2.13. The number of nitrogens with one attached hydrogen (secondary N) is 2. The fraction of sp³-hybridized carbons (Fsp3) is 0.231. The summed E-state index contributed by atoms with van der Waals surface area (Å²) in [6.45, 7) is 0.885. The number of carbonyl (C=O) groups excluding carboxylic acids is 1. The van der Waals surface area contributed by atoms with E-state index in [1.165, 1.54) is 0 Å². The Labute approximate surface area is 208 Å². The molecule has 184 valence electrons. The Morgan fingerprint density at radius 2 is 2.03 bits per heavy atom. The van der Waals surface area contributed by atoms with Crippen molar-refractivity contribution in [2.45, 2.75) is 0 Å². The van der Waals surface area contributed by atoms with Crippen molar-refractivity contribution in [2.24, 2.45) is 7.05 Å². The van der Waals surface area contributed by atoms with Gasteiger partial charge >= 0.3 is 0 Å². The van der Waals surface area contributed by atoms with E-state index >= 15 is 0 Å². The van der Waals surface area contributed by atoms with Gasteiger partial charge in [-0.15, -0.1) is 6.42 Å². The smallest absolute Gasteiger partial charge is 0.234 e. The van der Waals surface area contributed by atoms with Crippen molar-refractivity contribution in [3.63, 3.8) is 0 Å². The lowest BCUT2D eigenvalue weighted by atomic mass is 10.1. The molecule has 0 saturated heterocycles. The molecule has 4 aromatic rings. The number of hydrogen-bond acceptors (Lipinski definition) is 8. The average Bonchev–Trinajstić information content (AvgIpc) is 3.27. The summed E-state index contributed by atoms with van der Waals surface area (Å²) in [5.41, 5.74) is 3.47. The molecule has 0 saturated carbocycles. The zero-order valence-electron chi connectivity index (χ0n) is 20.3. The second kappa shape index (κ2) is 10.8. The standard InChI is InChI=1S/C26H27N7O3/c1-5-17-8-19-13-28-26(30-21-10-18(11-22(34)12-21)20-14-29-33(4)15-20)31-25(19)23(9-17)36-7-6-27-24(35)16-32(2)3/h1,8-15,34H,6-7,16H2,2-4H3,(H,27,35)(H,28,30,31). The number of nitrogens with zero attached hydrogens (tertiary/aromatic N) is 5. The number of aryl methyl sites for hydroxylation is 1. The maximum Gasteiger partial charge on any atom is 0.234 e. The van der Waals surface area contributed by atoms with Gasteiger partial charge in [0.1, 0.15) is 23.6 Å². The fourth-order valence-corrected chi connectivity index (χ4v) is 3.61. The van der Waals surface area contributed by atoms with Crippen molar-refractivity contribution in [3.8, 4) is 35.0 Å². The van der Waals surface area contributed by atoms with E-state index in [-0.39, 0.29) is 18.3 Å². The van der Waals surface area contributed by atoms with Crippen LogP contribution in [0.15, 0.2) is 48.9 Å². The summed E-state index contributed by atoms with van der Waals surface area (Å²) in [6, 6.07) is 8.66. The van der Waals surface area contributed by atoms with Gasteiger partial charge in [0.25, 0.3) is 0 Å². The van der Waals surface area contributed by atoms with E-state index in [4.69, 9.17) is 11.2 Å². The maximum absolute atomic E-state index is 11.8. The summed E-state index contributed by atoms with van der Waals surface area (Å²) in [7, 11) is 5.49. The number of likely N-dealkylation sites (N-methyl/N-ethyl adjacent to an activating group) is 1. The summed E-state index contributed by atoms with van der Waals surface area (Å²) < 4.78 is 7.62. The van der Waals surface area contributed by atoms with Gasteiger partial charge in [0, 0.05) is 47.7 Å². The van der Waals surface area contributed by atoms with Crippen molar-refractivity contribution < 1.29 is 14.6 Å². The molecular formula is C26H27N7O3. The highest BCUT2D eigenvalue weighted by atomic mass is 16.5. The molecule has 0 fully saturated rings. The number of phenolic OH excluding ortho intramolecular Hbond substituents is 1. The van der Waals surface area contributed by atoms with Gasteiger partial charge in [-0.1, -0.05) is 5.92 Å². The van der Waals surface area contributed by atoms with Crippen molar-refractivity contribution in [1.82, 2.24) is 30.0 Å². The van der Waals surface area contributed by atoms with Crippen molar-refractivity contribution >= 4 is 28.4 Å². The number of amides is 1. The Kier molecular flexibility index (Phi) is 7.32. The van der Waals surface area contributed by atoms with Crippen LogP contribution in [0.5, 0.6) is 11.5 Å². The zero-order valence-corrected chi connectivity index (χ0v) is 20.3. The van der Waals surface area contributed by atoms with E-state index in [9.17, 15) is 9.90 Å². The number of rotatable bonds is 9. The first-order valence-electron chi connectivity index (χ1n) is 11.2. The van der Waals surface area contributed by atoms with Crippen LogP contribution in [0.25, 0.3) is 22.0 Å². The Morgan fingerprint density at radius 3 is 2.75 bits per heavy atom. The molecule has 2 heterocycles. The highest BCUT2D eigenvalue weighted by Gasteiger charge is 2.11. The minimum Gasteiger partial charge on any atom is -0.508 e. The van der Waals surface area contributed by atoms with Gasteiger partial charge in [-0.3, -0.25) is 9.48 Å². The van der Waals surface area contributed by atoms with Gasteiger partial charge in [0.05, 0.1) is 19.3 Å². The third kappa shape index (κ3) is 6.08. The van der Waals surface area contributed by atoms with Crippen LogP contribution in [0.1, 0.15) is 5.56 Å². The lowest BCUT2D eigenvalue weighted by molar-refractivity contribution is -0.121. The molecule has 3 N–H and O–H groups in total. The van der Waals surface area contributed by atoms with Gasteiger partial charge < -0.3 is 25.4 Å². The molecule has 2 aromatic carbocycles. The molecule has 10 heteroatoms. The molecule has 1 amide bonds. The maximum atomic E-state index is 11.8. The number of fused-ring (bicyclic) bond motifs is 1. The number of benzene rings is 2. The van der Waals surface area contributed by atoms with Crippen molar-refractivity contribution in [2.75, 3.05) is 39.1 Å². The van der Waals surface area contributed by atoms with Crippen molar-refractivity contribution in [3.05, 3.63) is 54.5 Å². The van der Waals surface area contributed by atoms with Crippen molar-refractivity contribution in [1.29, 1.82) is 0 Å². The summed E-state index contributed by atoms with van der Waals surface area (Å²) in [5.74, 6) is 3.43. The molecule has 0 bridgehead atoms. The van der Waals surface area contributed by atoms with Crippen LogP contribution in [0.3, 0.4) is 0 Å². The summed E-state index contributed by atoms with van der Waals surface area (Å²) >= 11 is 0. The Morgan fingerprint density at radius 1 is 1.19 bits per heavy atom. The van der Waals surface area contributed by atoms with Crippen LogP contribution >= 0.6 is 0 Å². The van der Waals surface area contributed by atoms with E-state index in [1.807, 2.05) is 33.4 Å². The molecule has 0 radical (unpaired) electrons. The highest BCUT2D eigenvalue weighted by molar-refractivity contribution is 5.87. The number of terminal acetylenes is 1. The summed E-state index contributed by atoms with van der Waals surface area (Å²) in [6.07, 6.45) is 10.9. The third-order valence-corrected chi connectivity index (χ3v) is 5.17. The lowest BCUT2D eigenvalue weighted by Crippen LogP contribution is -2.35. The molecule has 0 aliphatic rings. The number of ether oxygens (including phenoxy) is 1. The van der Waals surface area contributed by atoms with Gasteiger partial charge in [-0.05, 0) is 43.9 Å². The molecule has 36 heavy (non-hydrogen) atoms. The van der Waals surface area contributed by atoms with Crippen LogP contribution in [0.4, 0.5) is 11.6 Å². The quantitative estimate of drug-likeness (QED) is 0.245. The van der Waals surface area contributed by atoms with Crippen LogP contribution in [0.2, 0.25) is 0 Å². The Balaban J connectivity index is 1.55. The van der Waals surface area contributed by atoms with Gasteiger partial charge in [0.2, 0.25) is 11.9 Å². The predicted molar refractivity (Wildman–Crippen MR) is 138 cm³/mol. The van der Waals surface area contributed by atoms with Gasteiger partial charge in [-0.2, -0.15) is 5.10 Å². The van der Waals surface area contributed by atoms with E-state index in [0.29, 0.717) is 41.6 Å². The molecule has 10 nitrogen and oxygen atoms in total. The van der Waals surface area contributed by atoms with Gasteiger partial charge in [0.15, 0.2) is 0 Å². The third-order valence-electron chi connectivity index (χ3n) is 5.17. The summed E-state index contributed by atoms with van der Waals surface area (Å²) in [4.78, 5) is 22.7. The number of phenols is 1. The fourth-order valence-electron chi connectivity index (χ4n) is 3.61. The summed E-state index contributed by atoms with van der Waals surface area (Å²) in [5, 5.41) is 21.1. The largest absolute Gasteiger partial charge is 0.508 e. The van der Waals surface area contributed by atoms with Crippen LogP contribution in [0, 0.1) is 12.3 Å². The Hall–Kier alpha value is -4.62. The number of aromatic hydroxyl groups is 1. The normalized spacial score (nSPS) is 10.9. The van der Waals surface area contributed by atoms with Gasteiger partial charge in [-0.25, -0.2) is 9.97 Å². The van der Waals surface area contributed by atoms with E-state index in [2.05, 4.69) is 31.6 Å². The number of aromatic nitrogens is 4. The number of anilines is 2. The van der Waals surface area contributed by atoms with E-state index in [0.717, 1.165) is 16.5 Å². The minimum atomic E-state index is -0.0867. The topological polar surface area (TPSA) is 117 Å². The van der Waals surface area contributed by atoms with Crippen LogP contribution in [-0.2, 0) is 11.8 Å². The molecule has 0 atom stereocenters. The number of hydrogen-bond donors (Lipinski definition) is 3. The molecule has 2 aromatic heterocycles. The molecule has 4 rings (SSSR count). The zero-order chi connectivity index (χ0) is 25.7. The van der Waals surface area contributed by atoms with E-state index < -0.39 is 0 Å². The van der Waals surface area contributed by atoms with E-state index in [1.54, 1.807) is 46.2 Å². The molecule has 0 unspecified atom stereocenters. The second-order valence-corrected chi connectivity index (χ2v) is 8.48. The highest BCUT2D eigenvalue weighted by Crippen LogP contribution is 2.30. The predicted octanol–water partition coefficient (Wildman–Crippen LogP) is 2.52. The SMILES string of the molecule is C#Cc1cc(OCCNC(=O)CN(C)C)c2nc(Nc3cc(O)cc(-c4cnn(C)c4)c3)ncc2c1. The Bertz CT molecular complexity index is 1440. The number of carbonyl (C=O) groups is 1. The monoisotopic (exact) mass is 485 g/mol. The molecule has 0 aliphatic carbocycles. The molecular weight excluding hydrogens is 458 g/mol. The van der Waals surface area contributed by atoms with Crippen LogP contribution in [-0.4, -0.2) is 69.5 Å². The minimum absolute atomic E-state index is 0.0867. The average molecular weight is 486 g/mol. The first kappa shape index (κ1) is 24.5. The second-order valence-electron chi connectivity index (χ2n) is 8.48. The first-order valence-corrected chi connectivity index (χ1v) is 11.2. The van der Waals surface area contributed by atoms with Crippen LogP contribution < -0.4 is 15.4 Å². The first-order chi connectivity index (χ1) is 17.3.